The van der Waals surface area contributed by atoms with Crippen molar-refractivity contribution in [3.63, 3.8) is 0 Å². The second-order valence-electron chi connectivity index (χ2n) is 14.0. The van der Waals surface area contributed by atoms with Crippen LogP contribution in [0.2, 0.25) is 0 Å². The molecule has 2 aliphatic rings. The molecule has 1 aliphatic heterocycles. The summed E-state index contributed by atoms with van der Waals surface area (Å²) in [7, 11) is 0. The summed E-state index contributed by atoms with van der Waals surface area (Å²) < 4.78 is 0. The van der Waals surface area contributed by atoms with Crippen LogP contribution < -0.4 is 0 Å². The molecular formula is C41H54IrNO2-. The number of carbonyl (C=O) groups is 1. The Balaban J connectivity index is 0.000000297. The van der Waals surface area contributed by atoms with Crippen LogP contribution in [0, 0.1) is 44.1 Å². The number of hydrogen-bond acceptors (Lipinski definition) is 3. The molecule has 1 radical (unpaired) electrons. The molecule has 245 valence electrons. The average Bonchev–Trinajstić information content (AvgIpc) is 3.37. The van der Waals surface area contributed by atoms with Crippen LogP contribution in [0.1, 0.15) is 132 Å². The average molecular weight is 785 g/mol. The third-order valence-electron chi connectivity index (χ3n) is 10.1. The van der Waals surface area contributed by atoms with Crippen LogP contribution in [0.25, 0.3) is 10.8 Å². The molecule has 1 aliphatic carbocycles. The molecule has 0 unspecified atom stereocenters. The molecule has 0 atom stereocenters. The van der Waals surface area contributed by atoms with E-state index in [9.17, 15) is 9.90 Å². The fourth-order valence-corrected chi connectivity index (χ4v) is 7.14. The third-order valence-corrected chi connectivity index (χ3v) is 10.1. The minimum atomic E-state index is 0. The third kappa shape index (κ3) is 8.43. The fraction of sp³-hybridized carbons (Fsp3) is 0.512. The number of aryl methyl sites for hydroxylation is 3. The van der Waals surface area contributed by atoms with Crippen molar-refractivity contribution in [2.24, 2.45) is 22.2 Å². The van der Waals surface area contributed by atoms with Gasteiger partial charge in [0.2, 0.25) is 0 Å². The number of rotatable bonds is 9. The second kappa shape index (κ2) is 15.8. The van der Waals surface area contributed by atoms with Crippen molar-refractivity contribution in [3.8, 4) is 0 Å². The first-order valence-electron chi connectivity index (χ1n) is 17.0. The van der Waals surface area contributed by atoms with Gasteiger partial charge < -0.3 is 5.11 Å². The number of nitrogens with zero attached hydrogens (tertiary/aromatic N) is 1. The molecule has 3 aromatic carbocycles. The zero-order valence-electron chi connectivity index (χ0n) is 29.1. The number of carbonyl (C=O) groups excluding carboxylic acids is 1. The Bertz CT molecular complexity index is 1530. The maximum atomic E-state index is 11.7. The Morgan fingerprint density at radius 2 is 1.58 bits per heavy atom. The summed E-state index contributed by atoms with van der Waals surface area (Å²) in [5.41, 5.74) is 10.4. The van der Waals surface area contributed by atoms with Crippen LogP contribution in [0.3, 0.4) is 0 Å². The van der Waals surface area contributed by atoms with Crippen molar-refractivity contribution in [3.05, 3.63) is 87.7 Å². The predicted molar refractivity (Wildman–Crippen MR) is 188 cm³/mol. The molecule has 0 aromatic heterocycles. The van der Waals surface area contributed by atoms with Crippen LogP contribution in [-0.2, 0) is 24.9 Å². The van der Waals surface area contributed by atoms with Gasteiger partial charge in [0, 0.05) is 43.4 Å². The van der Waals surface area contributed by atoms with Gasteiger partial charge in [-0.15, -0.1) is 34.9 Å². The van der Waals surface area contributed by atoms with Crippen LogP contribution in [-0.4, -0.2) is 16.6 Å². The molecule has 3 aromatic rings. The fourth-order valence-electron chi connectivity index (χ4n) is 7.14. The van der Waals surface area contributed by atoms with Crippen LogP contribution in [0.15, 0.2) is 53.2 Å². The summed E-state index contributed by atoms with van der Waals surface area (Å²) in [6.45, 7) is 19.4. The van der Waals surface area contributed by atoms with E-state index in [4.69, 9.17) is 4.99 Å². The molecule has 4 heteroatoms. The number of ketones is 1. The van der Waals surface area contributed by atoms with Crippen LogP contribution in [0.4, 0.5) is 5.69 Å². The first-order chi connectivity index (χ1) is 20.9. The Kier molecular flexibility index (Phi) is 13.0. The maximum Gasteiger partial charge on any atom is 0.162 e. The molecule has 0 amide bonds. The van der Waals surface area contributed by atoms with Gasteiger partial charge in [-0.2, -0.15) is 0 Å². The Morgan fingerprint density at radius 3 is 2.16 bits per heavy atom. The Hall–Kier alpha value is -2.55. The summed E-state index contributed by atoms with van der Waals surface area (Å²) in [6, 6.07) is 17.3. The van der Waals surface area contributed by atoms with Crippen LogP contribution >= 0.6 is 0 Å². The Morgan fingerprint density at radius 1 is 0.956 bits per heavy atom. The summed E-state index contributed by atoms with van der Waals surface area (Å²) in [6.07, 6.45) is 10.1. The number of hydrogen-bond donors (Lipinski definition) is 1. The van der Waals surface area contributed by atoms with Crippen molar-refractivity contribution in [2.75, 3.05) is 0 Å². The van der Waals surface area contributed by atoms with Crippen molar-refractivity contribution in [1.29, 1.82) is 0 Å². The van der Waals surface area contributed by atoms with Crippen LogP contribution in [0.5, 0.6) is 0 Å². The quantitative estimate of drug-likeness (QED) is 0.104. The van der Waals surface area contributed by atoms with E-state index in [1.54, 1.807) is 0 Å². The summed E-state index contributed by atoms with van der Waals surface area (Å²) in [5, 5.41) is 12.5. The number of allylic oxidation sites excluding steroid dienone is 2. The SMILES string of the molecule is CCC(CC)C(=O)/C=C(\O)C(CC)CC.Cc1[c-]c(C2=Nc3c(C)ccc4c(C5CCC(C)(C)CC5)ccc2c34)cc(C)c1.[Ir]. The number of aliphatic hydroxyl groups excluding tert-OH is 1. The summed E-state index contributed by atoms with van der Waals surface area (Å²) in [4.78, 5) is 16.9. The van der Waals surface area contributed by atoms with Crippen molar-refractivity contribution in [2.45, 2.75) is 120 Å². The van der Waals surface area contributed by atoms with E-state index in [0.717, 1.165) is 42.6 Å². The van der Waals surface area contributed by atoms with Gasteiger partial charge in [-0.3, -0.25) is 9.79 Å². The molecule has 0 saturated heterocycles. The van der Waals surface area contributed by atoms with E-state index in [0.29, 0.717) is 11.3 Å². The smallest absolute Gasteiger partial charge is 0.162 e. The van der Waals surface area contributed by atoms with E-state index in [1.807, 2.05) is 27.7 Å². The van der Waals surface area contributed by atoms with Gasteiger partial charge in [-0.1, -0.05) is 79.7 Å². The van der Waals surface area contributed by atoms with E-state index >= 15 is 0 Å². The van der Waals surface area contributed by atoms with Gasteiger partial charge in [-0.05, 0) is 97.4 Å². The molecule has 3 nitrogen and oxygen atoms in total. The normalized spacial score (nSPS) is 16.0. The number of aliphatic hydroxyl groups is 1. The zero-order chi connectivity index (χ0) is 32.2. The van der Waals surface area contributed by atoms with Crippen molar-refractivity contribution >= 4 is 28.0 Å². The molecule has 1 fully saturated rings. The van der Waals surface area contributed by atoms with Gasteiger partial charge in [0.05, 0.1) is 11.4 Å². The molecular weight excluding hydrogens is 731 g/mol. The Labute approximate surface area is 286 Å². The maximum absolute atomic E-state index is 11.7. The molecule has 0 spiro atoms. The topological polar surface area (TPSA) is 49.7 Å². The standard InChI is InChI=1S/C28H30N.C13H24O2.Ir/c1-17-14-18(2)16-21(15-17)27-24-9-8-22(20-10-12-28(4,5)13-11-20)23-7-6-19(3)26(29-27)25(23)24;1-5-10(6-2)12(14)9-13(15)11(7-3)8-4;/h6-9,14-15,20H,10-13H2,1-5H3;9-11,14H,5-8H2,1-4H3;/q-1;;/b;12-9-;. The van der Waals surface area contributed by atoms with Gasteiger partial charge in [0.15, 0.2) is 5.78 Å². The van der Waals surface area contributed by atoms with Gasteiger partial charge in [0.25, 0.3) is 0 Å². The zero-order valence-corrected chi connectivity index (χ0v) is 31.5. The molecule has 0 bridgehead atoms. The second-order valence-corrected chi connectivity index (χ2v) is 14.0. The van der Waals surface area contributed by atoms with E-state index in [1.165, 1.54) is 70.3 Å². The number of benzene rings is 3. The summed E-state index contributed by atoms with van der Waals surface area (Å²) in [5.74, 6) is 1.22. The first kappa shape index (κ1) is 36.9. The summed E-state index contributed by atoms with van der Waals surface area (Å²) >= 11 is 0. The van der Waals surface area contributed by atoms with Gasteiger partial charge in [-0.25, -0.2) is 0 Å². The van der Waals surface area contributed by atoms with Gasteiger partial charge in [0.1, 0.15) is 0 Å². The van der Waals surface area contributed by atoms with Crippen molar-refractivity contribution < 1.29 is 30.0 Å². The minimum Gasteiger partial charge on any atom is -0.512 e. The van der Waals surface area contributed by atoms with E-state index in [-0.39, 0.29) is 43.5 Å². The number of aliphatic imine (C=N–C) groups is 1. The monoisotopic (exact) mass is 785 g/mol. The molecule has 1 N–H and O–H groups in total. The van der Waals surface area contributed by atoms with Crippen molar-refractivity contribution in [1.82, 2.24) is 0 Å². The molecule has 1 heterocycles. The first-order valence-corrected chi connectivity index (χ1v) is 17.0. The molecule has 45 heavy (non-hydrogen) atoms. The van der Waals surface area contributed by atoms with E-state index < -0.39 is 0 Å². The van der Waals surface area contributed by atoms with E-state index in [2.05, 4.69) is 77.1 Å². The molecule has 1 saturated carbocycles. The molecule has 5 rings (SSSR count). The van der Waals surface area contributed by atoms with Gasteiger partial charge >= 0.3 is 0 Å². The predicted octanol–water partition coefficient (Wildman–Crippen LogP) is 11.6. The largest absolute Gasteiger partial charge is 0.512 e. The minimum absolute atomic E-state index is 0.